The van der Waals surface area contributed by atoms with Crippen molar-refractivity contribution in [1.29, 1.82) is 0 Å². The molecule has 1 unspecified atom stereocenters. The largest absolute Gasteiger partial charge is 0.454 e. The minimum absolute atomic E-state index is 0.299. The van der Waals surface area contributed by atoms with Gasteiger partial charge in [-0.15, -0.1) is 0 Å². The van der Waals surface area contributed by atoms with E-state index in [0.29, 0.717) is 6.79 Å². The van der Waals surface area contributed by atoms with Crippen molar-refractivity contribution < 1.29 is 19.5 Å². The topological polar surface area (TPSA) is 74.3 Å². The summed E-state index contributed by atoms with van der Waals surface area (Å²) >= 11 is 0. The molecule has 33 heavy (non-hydrogen) atoms. The Morgan fingerprint density at radius 3 is 2.30 bits per heavy atom. The van der Waals surface area contributed by atoms with Gasteiger partial charge >= 0.3 is 0 Å². The predicted molar refractivity (Wildman–Crippen MR) is 125 cm³/mol. The Kier molecular flexibility index (Phi) is 6.15. The summed E-state index contributed by atoms with van der Waals surface area (Å²) in [6.45, 7) is 4.99. The van der Waals surface area contributed by atoms with Gasteiger partial charge in [-0.1, -0.05) is 48.5 Å². The van der Waals surface area contributed by atoms with E-state index in [-0.39, 0.29) is 0 Å². The molecule has 1 atom stereocenters. The van der Waals surface area contributed by atoms with Crippen LogP contribution < -0.4 is 19.9 Å². The molecular weight excluding hydrogens is 418 g/mol. The first-order valence-corrected chi connectivity index (χ1v) is 11.2. The zero-order valence-corrected chi connectivity index (χ0v) is 18.3. The molecule has 1 amide bonds. The zero-order valence-electron chi connectivity index (χ0n) is 18.3. The Bertz CT molecular complexity index is 1100. The normalized spacial score (nSPS) is 16.5. The van der Waals surface area contributed by atoms with Gasteiger partial charge in [0.05, 0.1) is 5.92 Å². The number of amides is 1. The molecule has 0 aliphatic carbocycles. The summed E-state index contributed by atoms with van der Waals surface area (Å²) in [4.78, 5) is 17.2. The summed E-state index contributed by atoms with van der Waals surface area (Å²) in [5.41, 5.74) is 5.86. The van der Waals surface area contributed by atoms with E-state index in [4.69, 9.17) is 9.47 Å². The first-order chi connectivity index (χ1) is 16.2. The van der Waals surface area contributed by atoms with E-state index >= 15 is 0 Å². The second-order valence-electron chi connectivity index (χ2n) is 8.36. The fraction of sp³-hybridized carbons (Fsp3) is 0.269. The Morgan fingerprint density at radius 2 is 1.58 bits per heavy atom. The van der Waals surface area contributed by atoms with Crippen LogP contribution in [0.4, 0.5) is 5.69 Å². The molecule has 0 saturated carbocycles. The third kappa shape index (κ3) is 4.65. The van der Waals surface area contributed by atoms with Crippen molar-refractivity contribution in [3.63, 3.8) is 0 Å². The second kappa shape index (κ2) is 9.52. The highest BCUT2D eigenvalue weighted by molar-refractivity contribution is 5.86. The van der Waals surface area contributed by atoms with Crippen LogP contribution in [-0.2, 0) is 11.3 Å². The Labute approximate surface area is 193 Å². The van der Waals surface area contributed by atoms with Gasteiger partial charge in [-0.05, 0) is 41.0 Å². The number of fused-ring (bicyclic) bond motifs is 1. The number of hydroxylamine groups is 1. The minimum atomic E-state index is -0.552. The molecule has 5 rings (SSSR count). The maximum Gasteiger partial charge on any atom is 0.255 e. The van der Waals surface area contributed by atoms with Crippen molar-refractivity contribution >= 4 is 11.6 Å². The summed E-state index contributed by atoms with van der Waals surface area (Å²) < 4.78 is 10.9. The van der Waals surface area contributed by atoms with Crippen LogP contribution in [0.2, 0.25) is 0 Å². The quantitative estimate of drug-likeness (QED) is 0.448. The van der Waals surface area contributed by atoms with Crippen molar-refractivity contribution in [2.24, 2.45) is 0 Å². The molecule has 7 heteroatoms. The molecule has 0 aromatic heterocycles. The standard InChI is InChI=1S/C26H27N3O4/c30-26(27-31)25(20-4-2-1-3-5-20)21-7-9-22(10-8-21)29-14-12-28(13-15-29)17-19-6-11-23-24(16-19)33-18-32-23/h1-11,16,25,31H,12-15,17-18H2,(H,27,30). The van der Waals surface area contributed by atoms with Crippen molar-refractivity contribution in [3.05, 3.63) is 89.5 Å². The predicted octanol–water partition coefficient (Wildman–Crippen LogP) is 3.37. The molecule has 2 aliphatic heterocycles. The molecule has 0 radical (unpaired) electrons. The smallest absolute Gasteiger partial charge is 0.255 e. The highest BCUT2D eigenvalue weighted by Gasteiger charge is 2.23. The van der Waals surface area contributed by atoms with Crippen molar-refractivity contribution in [2.45, 2.75) is 12.5 Å². The number of carbonyl (C=O) groups is 1. The molecule has 2 aliphatic rings. The van der Waals surface area contributed by atoms with E-state index in [1.54, 1.807) is 0 Å². The molecule has 2 heterocycles. The molecule has 1 fully saturated rings. The number of carbonyl (C=O) groups excluding carboxylic acids is 1. The summed E-state index contributed by atoms with van der Waals surface area (Å²) in [5.74, 6) is 0.655. The van der Waals surface area contributed by atoms with Crippen LogP contribution in [0.3, 0.4) is 0 Å². The van der Waals surface area contributed by atoms with Gasteiger partial charge < -0.3 is 14.4 Å². The SMILES string of the molecule is O=C(NO)C(c1ccccc1)c1ccc(N2CCN(Cc3ccc4c(c3)OCO4)CC2)cc1. The number of hydrogen-bond acceptors (Lipinski definition) is 6. The molecule has 3 aromatic rings. The van der Waals surface area contributed by atoms with E-state index in [0.717, 1.165) is 61.0 Å². The van der Waals surface area contributed by atoms with Crippen LogP contribution in [0.15, 0.2) is 72.8 Å². The molecule has 0 spiro atoms. The molecule has 7 nitrogen and oxygen atoms in total. The van der Waals surface area contributed by atoms with Crippen LogP contribution in [-0.4, -0.2) is 49.0 Å². The molecular formula is C26H27N3O4. The van der Waals surface area contributed by atoms with Gasteiger partial charge in [-0.2, -0.15) is 0 Å². The first-order valence-electron chi connectivity index (χ1n) is 11.2. The summed E-state index contributed by atoms with van der Waals surface area (Å²) in [5, 5.41) is 9.24. The van der Waals surface area contributed by atoms with Gasteiger partial charge in [-0.3, -0.25) is 14.9 Å². The molecule has 0 bridgehead atoms. The summed E-state index contributed by atoms with van der Waals surface area (Å²) in [6.07, 6.45) is 0. The fourth-order valence-corrected chi connectivity index (χ4v) is 4.54. The van der Waals surface area contributed by atoms with Crippen LogP contribution in [0.25, 0.3) is 0 Å². The van der Waals surface area contributed by atoms with Gasteiger partial charge in [0.25, 0.3) is 5.91 Å². The van der Waals surface area contributed by atoms with Crippen molar-refractivity contribution in [1.82, 2.24) is 10.4 Å². The first kappa shape index (κ1) is 21.3. The molecule has 3 aromatic carbocycles. The second-order valence-corrected chi connectivity index (χ2v) is 8.36. The highest BCUT2D eigenvalue weighted by Crippen LogP contribution is 2.33. The monoisotopic (exact) mass is 445 g/mol. The van der Waals surface area contributed by atoms with Crippen LogP contribution >= 0.6 is 0 Å². The average molecular weight is 446 g/mol. The molecule has 170 valence electrons. The van der Waals surface area contributed by atoms with E-state index in [1.807, 2.05) is 54.0 Å². The average Bonchev–Trinajstić information content (AvgIpc) is 3.34. The number of piperazine rings is 1. The number of nitrogens with zero attached hydrogens (tertiary/aromatic N) is 2. The van der Waals surface area contributed by atoms with E-state index < -0.39 is 11.8 Å². The van der Waals surface area contributed by atoms with Crippen LogP contribution in [0, 0.1) is 0 Å². The van der Waals surface area contributed by atoms with Gasteiger partial charge in [-0.25, -0.2) is 5.48 Å². The number of ether oxygens (including phenoxy) is 2. The number of anilines is 1. The number of hydrogen-bond donors (Lipinski definition) is 2. The lowest BCUT2D eigenvalue weighted by Gasteiger charge is -2.36. The summed E-state index contributed by atoms with van der Waals surface area (Å²) in [6, 6.07) is 23.7. The Balaban J connectivity index is 1.22. The molecule has 2 N–H and O–H groups in total. The lowest BCUT2D eigenvalue weighted by molar-refractivity contribution is -0.129. The number of rotatable bonds is 6. The maximum absolute atomic E-state index is 12.4. The lowest BCUT2D eigenvalue weighted by atomic mass is 9.90. The molecule has 1 saturated heterocycles. The third-order valence-electron chi connectivity index (χ3n) is 6.31. The Hall–Kier alpha value is -3.55. The van der Waals surface area contributed by atoms with E-state index in [9.17, 15) is 10.0 Å². The van der Waals surface area contributed by atoms with Gasteiger partial charge in [0.1, 0.15) is 0 Å². The van der Waals surface area contributed by atoms with E-state index in [2.05, 4.69) is 34.1 Å². The fourth-order valence-electron chi connectivity index (χ4n) is 4.54. The van der Waals surface area contributed by atoms with Gasteiger partial charge in [0, 0.05) is 38.4 Å². The van der Waals surface area contributed by atoms with Gasteiger partial charge in [0.15, 0.2) is 11.5 Å². The zero-order chi connectivity index (χ0) is 22.6. The number of nitrogens with one attached hydrogen (secondary N) is 1. The number of benzene rings is 3. The third-order valence-corrected chi connectivity index (χ3v) is 6.31. The van der Waals surface area contributed by atoms with Crippen molar-refractivity contribution in [2.75, 3.05) is 37.9 Å². The van der Waals surface area contributed by atoms with Crippen LogP contribution in [0.1, 0.15) is 22.6 Å². The Morgan fingerprint density at radius 1 is 0.879 bits per heavy atom. The van der Waals surface area contributed by atoms with Gasteiger partial charge in [0.2, 0.25) is 6.79 Å². The van der Waals surface area contributed by atoms with Crippen LogP contribution in [0.5, 0.6) is 11.5 Å². The lowest BCUT2D eigenvalue weighted by Crippen LogP contribution is -2.45. The summed E-state index contributed by atoms with van der Waals surface area (Å²) in [7, 11) is 0. The van der Waals surface area contributed by atoms with E-state index in [1.165, 1.54) is 5.56 Å². The minimum Gasteiger partial charge on any atom is -0.454 e. The highest BCUT2D eigenvalue weighted by atomic mass is 16.7. The maximum atomic E-state index is 12.4. The van der Waals surface area contributed by atoms with Crippen molar-refractivity contribution in [3.8, 4) is 11.5 Å².